The quantitative estimate of drug-likeness (QED) is 0.363. The Morgan fingerprint density at radius 3 is 2.23 bits per heavy atom. The van der Waals surface area contributed by atoms with Crippen LogP contribution in [-0.4, -0.2) is 39.1 Å². The van der Waals surface area contributed by atoms with Gasteiger partial charge in [0, 0.05) is 5.56 Å². The first-order valence-electron chi connectivity index (χ1n) is 8.96. The molecule has 0 spiro atoms. The maximum atomic E-state index is 13.2. The van der Waals surface area contributed by atoms with Crippen molar-refractivity contribution in [3.8, 4) is 11.3 Å². The van der Waals surface area contributed by atoms with Gasteiger partial charge in [0.15, 0.2) is 5.65 Å². The molecule has 0 saturated heterocycles. The van der Waals surface area contributed by atoms with Crippen molar-refractivity contribution in [1.82, 2.24) is 19.6 Å². The van der Waals surface area contributed by atoms with Gasteiger partial charge in [-0.05, 0) is 29.5 Å². The minimum Gasteiger partial charge on any atom is -0.477 e. The number of sulfonamides is 1. The normalized spacial score (nSPS) is 12.0. The zero-order valence-electron chi connectivity index (χ0n) is 16.9. The molecule has 1 aromatic carbocycles. The monoisotopic (exact) mass is 535 g/mol. The molecule has 35 heavy (non-hydrogen) atoms. The van der Waals surface area contributed by atoms with Gasteiger partial charge < -0.3 is 15.8 Å². The first kappa shape index (κ1) is 25.9. The molecule has 0 fully saturated rings. The molecule has 4 aromatic rings. The molecule has 4 N–H and O–H groups in total. The Kier molecular flexibility index (Phi) is 7.04. The van der Waals surface area contributed by atoms with Crippen molar-refractivity contribution in [1.29, 1.82) is 0 Å². The van der Waals surface area contributed by atoms with E-state index in [1.165, 1.54) is 0 Å². The van der Waals surface area contributed by atoms with Crippen LogP contribution in [0, 0.1) is 0 Å². The molecule has 0 radical (unpaired) electrons. The van der Waals surface area contributed by atoms with Gasteiger partial charge in [-0.25, -0.2) is 36.6 Å². The summed E-state index contributed by atoms with van der Waals surface area (Å²) < 4.78 is 85.9. The third-order valence-corrected chi connectivity index (χ3v) is 6.44. The minimum atomic E-state index is -4.54. The Hall–Kier alpha value is -3.70. The van der Waals surface area contributed by atoms with Crippen molar-refractivity contribution in [3.63, 3.8) is 0 Å². The second kappa shape index (κ2) is 9.51. The lowest BCUT2D eigenvalue weighted by Crippen LogP contribution is -2.09. The molecule has 0 aliphatic heterocycles. The molecule has 0 atom stereocenters. The number of benzene rings is 1. The van der Waals surface area contributed by atoms with Crippen molar-refractivity contribution in [2.45, 2.75) is 16.8 Å². The number of nitrogens with one attached hydrogen (secondary N) is 1. The molecule has 3 heterocycles. The molecule has 0 aliphatic carbocycles. The molecule has 0 bridgehead atoms. The summed E-state index contributed by atoms with van der Waals surface area (Å²) >= 11 is 0.737. The van der Waals surface area contributed by atoms with Crippen LogP contribution in [0.5, 0.6) is 0 Å². The van der Waals surface area contributed by atoms with E-state index in [1.54, 1.807) is 0 Å². The van der Waals surface area contributed by atoms with E-state index in [4.69, 9.17) is 16.0 Å². The van der Waals surface area contributed by atoms with Gasteiger partial charge >= 0.3 is 12.1 Å². The molecule has 0 saturated carbocycles. The molecule has 17 heteroatoms. The molecule has 4 rings (SSSR count). The van der Waals surface area contributed by atoms with E-state index in [0.717, 1.165) is 54.1 Å². The Morgan fingerprint density at radius 2 is 1.80 bits per heavy atom. The highest BCUT2D eigenvalue weighted by molar-refractivity contribution is 7.91. The van der Waals surface area contributed by atoms with Gasteiger partial charge in [0.05, 0.1) is 17.5 Å². The van der Waals surface area contributed by atoms with Crippen molar-refractivity contribution >= 4 is 38.1 Å². The predicted molar refractivity (Wildman–Crippen MR) is 113 cm³/mol. The first-order chi connectivity index (χ1) is 16.2. The summed E-state index contributed by atoms with van der Waals surface area (Å²) in [6, 6.07) is 4.69. The van der Waals surface area contributed by atoms with Gasteiger partial charge in [0.2, 0.25) is 10.0 Å². The number of carbonyl (C=O) groups is 1. The van der Waals surface area contributed by atoms with Crippen LogP contribution in [0.1, 0.15) is 28.0 Å². The number of aromatic carboxylic acids is 1. The zero-order valence-corrected chi connectivity index (χ0v) is 18.5. The highest BCUT2D eigenvalue weighted by Gasteiger charge is 2.30. The Balaban J connectivity index is 0.000000287. The molecule has 186 valence electrons. The number of rotatable bonds is 4. The molecule has 0 aliphatic rings. The van der Waals surface area contributed by atoms with Crippen LogP contribution in [0.4, 0.5) is 27.1 Å². The third kappa shape index (κ3) is 5.87. The third-order valence-electron chi connectivity index (χ3n) is 4.23. The van der Waals surface area contributed by atoms with Gasteiger partial charge in [0.25, 0.3) is 6.43 Å². The fourth-order valence-corrected chi connectivity index (χ4v) is 3.96. The second-order valence-corrected chi connectivity index (χ2v) is 9.39. The summed E-state index contributed by atoms with van der Waals surface area (Å²) in [5.41, 5.74) is 4.70. The average Bonchev–Trinajstić information content (AvgIpc) is 3.39. The molecular formula is C18H12F5N6O4S2-. The summed E-state index contributed by atoms with van der Waals surface area (Å²) in [5.74, 6) is -1.41. The smallest absolute Gasteiger partial charge is 0.416 e. The second-order valence-electron chi connectivity index (χ2n) is 6.57. The Bertz CT molecular complexity index is 1480. The number of carboxylic acids is 1. The topological polar surface area (TPSA) is 164 Å². The summed E-state index contributed by atoms with van der Waals surface area (Å²) in [7, 11) is -3.65. The standard InChI is InChI=1S/C15H8F5N3O2.C3H4N3O2S2/c16-12(17)11-5-10(7-1-3-8(4-2-7)15(18,19)20)22-13-9(14(24)25)6-21-23(11)13;4-3-6-1-2(9-3)10(5,7)8/h1-6,12H,(H,24,25);1H,(H3-,4,5,6,7,8)/q;-1. The van der Waals surface area contributed by atoms with Gasteiger partial charge in [-0.15, -0.1) is 11.3 Å². The number of hydrogen-bond donors (Lipinski definition) is 2. The van der Waals surface area contributed by atoms with Crippen LogP contribution >= 0.6 is 11.3 Å². The highest BCUT2D eigenvalue weighted by atomic mass is 32.2. The van der Waals surface area contributed by atoms with E-state index >= 15 is 0 Å². The first-order valence-corrected chi connectivity index (χ1v) is 11.3. The van der Waals surface area contributed by atoms with Gasteiger partial charge in [-0.3, -0.25) is 0 Å². The SMILES string of the molecule is O=C(O)c1cnn2c(C(F)F)cc(-c3ccc(C(F)(F)F)cc3)nc12.[NH-]c1ncc(S(N)(=O)=O)s1. The number of carboxylic acid groups (broad SMARTS) is 1. The lowest BCUT2D eigenvalue weighted by molar-refractivity contribution is -0.137. The van der Waals surface area contributed by atoms with Crippen LogP contribution in [-0.2, 0) is 16.2 Å². The number of thiazole rings is 1. The van der Waals surface area contributed by atoms with Gasteiger partial charge in [-0.1, -0.05) is 12.1 Å². The average molecular weight is 535 g/mol. The van der Waals surface area contributed by atoms with Crippen LogP contribution in [0.15, 0.2) is 46.9 Å². The van der Waals surface area contributed by atoms with E-state index < -0.39 is 45.4 Å². The molecule has 3 aromatic heterocycles. The molecule has 10 nitrogen and oxygen atoms in total. The summed E-state index contributed by atoms with van der Waals surface area (Å²) in [6.07, 6.45) is -5.57. The lowest BCUT2D eigenvalue weighted by atomic mass is 10.1. The van der Waals surface area contributed by atoms with E-state index in [0.29, 0.717) is 4.52 Å². The number of alkyl halides is 5. The van der Waals surface area contributed by atoms with E-state index in [-0.39, 0.29) is 26.2 Å². The van der Waals surface area contributed by atoms with Crippen molar-refractivity contribution in [3.05, 3.63) is 65.3 Å². The van der Waals surface area contributed by atoms with Crippen LogP contribution in [0.25, 0.3) is 22.6 Å². The number of aromatic nitrogens is 4. The fraction of sp³-hybridized carbons (Fsp3) is 0.111. The van der Waals surface area contributed by atoms with Crippen LogP contribution < -0.4 is 5.14 Å². The van der Waals surface area contributed by atoms with Crippen molar-refractivity contribution < 1.29 is 40.3 Å². The maximum absolute atomic E-state index is 13.2. The fourth-order valence-electron chi connectivity index (χ4n) is 2.66. The largest absolute Gasteiger partial charge is 0.477 e. The number of fused-ring (bicyclic) bond motifs is 1. The molecule has 0 unspecified atom stereocenters. The molecular weight excluding hydrogens is 523 g/mol. The van der Waals surface area contributed by atoms with Gasteiger partial charge in [0.1, 0.15) is 15.5 Å². The number of nitrogens with two attached hydrogens (primary N) is 1. The van der Waals surface area contributed by atoms with E-state index in [1.807, 2.05) is 0 Å². The Morgan fingerprint density at radius 1 is 1.17 bits per heavy atom. The number of halogens is 5. The van der Waals surface area contributed by atoms with Crippen LogP contribution in [0.3, 0.4) is 0 Å². The predicted octanol–water partition coefficient (Wildman–Crippen LogP) is 4.53. The van der Waals surface area contributed by atoms with Gasteiger partial charge in [-0.2, -0.15) is 18.3 Å². The number of hydrogen-bond acceptors (Lipinski definition) is 7. The van der Waals surface area contributed by atoms with E-state index in [9.17, 15) is 35.2 Å². The summed E-state index contributed by atoms with van der Waals surface area (Å²) in [4.78, 5) is 18.5. The van der Waals surface area contributed by atoms with Crippen molar-refractivity contribution in [2.75, 3.05) is 0 Å². The minimum absolute atomic E-state index is 0.0518. The maximum Gasteiger partial charge on any atom is 0.416 e. The van der Waals surface area contributed by atoms with Crippen molar-refractivity contribution in [2.24, 2.45) is 5.14 Å². The molecule has 0 amide bonds. The van der Waals surface area contributed by atoms with E-state index in [2.05, 4.69) is 15.1 Å². The number of primary sulfonamides is 1. The Labute approximate surface area is 196 Å². The summed E-state index contributed by atoms with van der Waals surface area (Å²) in [5, 5.41) is 17.3. The van der Waals surface area contributed by atoms with Crippen LogP contribution in [0.2, 0.25) is 0 Å². The zero-order chi connectivity index (χ0) is 26.1. The lowest BCUT2D eigenvalue weighted by Gasteiger charge is -2.10. The number of nitrogens with zero attached hydrogens (tertiary/aromatic N) is 4. The summed E-state index contributed by atoms with van der Waals surface area (Å²) in [6.45, 7) is 0. The highest BCUT2D eigenvalue weighted by Crippen LogP contribution is 2.32.